The SMILES string of the molecule is Cc1ccccc1-c1cc(=O)c2cc(Cl)ccc2o1. The Morgan fingerprint density at radius 2 is 1.84 bits per heavy atom. The lowest BCUT2D eigenvalue weighted by Crippen LogP contribution is -2.00. The summed E-state index contributed by atoms with van der Waals surface area (Å²) in [6.45, 7) is 1.99. The zero-order valence-electron chi connectivity index (χ0n) is 10.3. The molecule has 0 aliphatic rings. The predicted molar refractivity (Wildman–Crippen MR) is 77.7 cm³/mol. The maximum atomic E-state index is 12.1. The normalized spacial score (nSPS) is 10.8. The second-order valence-corrected chi connectivity index (χ2v) is 4.87. The van der Waals surface area contributed by atoms with Crippen LogP contribution in [0.15, 0.2) is 57.7 Å². The van der Waals surface area contributed by atoms with Crippen LogP contribution in [0.2, 0.25) is 5.02 Å². The summed E-state index contributed by atoms with van der Waals surface area (Å²) in [4.78, 5) is 12.1. The van der Waals surface area contributed by atoms with Crippen molar-refractivity contribution < 1.29 is 4.42 Å². The van der Waals surface area contributed by atoms with Gasteiger partial charge in [-0.1, -0.05) is 35.9 Å². The average Bonchev–Trinajstić information content (AvgIpc) is 2.40. The zero-order chi connectivity index (χ0) is 13.4. The van der Waals surface area contributed by atoms with E-state index in [1.807, 2.05) is 31.2 Å². The van der Waals surface area contributed by atoms with Crippen molar-refractivity contribution >= 4 is 22.6 Å². The van der Waals surface area contributed by atoms with Gasteiger partial charge in [-0.15, -0.1) is 0 Å². The van der Waals surface area contributed by atoms with E-state index in [9.17, 15) is 4.79 Å². The van der Waals surface area contributed by atoms with Crippen LogP contribution in [0.4, 0.5) is 0 Å². The molecule has 0 atom stereocenters. The lowest BCUT2D eigenvalue weighted by molar-refractivity contribution is 0.618. The van der Waals surface area contributed by atoms with Gasteiger partial charge in [-0.25, -0.2) is 0 Å². The summed E-state index contributed by atoms with van der Waals surface area (Å²) < 4.78 is 5.81. The van der Waals surface area contributed by atoms with Crippen LogP contribution < -0.4 is 5.43 Å². The van der Waals surface area contributed by atoms with Gasteiger partial charge in [-0.05, 0) is 30.7 Å². The van der Waals surface area contributed by atoms with Crippen LogP contribution in [0.25, 0.3) is 22.3 Å². The molecule has 2 nitrogen and oxygen atoms in total. The number of fused-ring (bicyclic) bond motifs is 1. The third-order valence-corrected chi connectivity index (χ3v) is 3.33. The van der Waals surface area contributed by atoms with Crippen LogP contribution in [0, 0.1) is 6.92 Å². The first-order valence-corrected chi connectivity index (χ1v) is 6.32. The van der Waals surface area contributed by atoms with Gasteiger partial charge in [0, 0.05) is 16.7 Å². The molecule has 0 radical (unpaired) electrons. The van der Waals surface area contributed by atoms with Crippen molar-refractivity contribution in [2.24, 2.45) is 0 Å². The van der Waals surface area contributed by atoms with Crippen LogP contribution in [0.1, 0.15) is 5.56 Å². The summed E-state index contributed by atoms with van der Waals surface area (Å²) >= 11 is 5.89. The van der Waals surface area contributed by atoms with E-state index in [4.69, 9.17) is 16.0 Å². The van der Waals surface area contributed by atoms with Gasteiger partial charge in [0.05, 0.1) is 5.39 Å². The first kappa shape index (κ1) is 12.0. The van der Waals surface area contributed by atoms with Gasteiger partial charge in [-0.3, -0.25) is 4.79 Å². The highest BCUT2D eigenvalue weighted by Crippen LogP contribution is 2.25. The molecule has 19 heavy (non-hydrogen) atoms. The van der Waals surface area contributed by atoms with Crippen molar-refractivity contribution in [2.75, 3.05) is 0 Å². The molecule has 0 fully saturated rings. The second kappa shape index (κ2) is 4.56. The molecule has 1 heterocycles. The molecular formula is C16H11ClO2. The molecule has 3 rings (SSSR count). The minimum atomic E-state index is -0.0815. The number of hydrogen-bond acceptors (Lipinski definition) is 2. The molecule has 0 spiro atoms. The Morgan fingerprint density at radius 3 is 2.63 bits per heavy atom. The predicted octanol–water partition coefficient (Wildman–Crippen LogP) is 4.42. The van der Waals surface area contributed by atoms with Gasteiger partial charge in [-0.2, -0.15) is 0 Å². The molecule has 0 aliphatic carbocycles. The van der Waals surface area contributed by atoms with E-state index in [2.05, 4.69) is 0 Å². The topological polar surface area (TPSA) is 30.2 Å². The van der Waals surface area contributed by atoms with Crippen molar-refractivity contribution in [3.8, 4) is 11.3 Å². The first-order chi connectivity index (χ1) is 9.15. The second-order valence-electron chi connectivity index (χ2n) is 4.43. The molecule has 0 amide bonds. The Balaban J connectivity index is 2.31. The molecule has 0 aliphatic heterocycles. The summed E-state index contributed by atoms with van der Waals surface area (Å²) in [5.41, 5.74) is 2.47. The maximum absolute atomic E-state index is 12.1. The Kier molecular flexibility index (Phi) is 2.88. The van der Waals surface area contributed by atoms with E-state index in [0.29, 0.717) is 21.8 Å². The van der Waals surface area contributed by atoms with E-state index in [0.717, 1.165) is 11.1 Å². The van der Waals surface area contributed by atoms with Gasteiger partial charge in [0.25, 0.3) is 0 Å². The highest BCUT2D eigenvalue weighted by atomic mass is 35.5. The van der Waals surface area contributed by atoms with Crippen LogP contribution in [-0.2, 0) is 0 Å². The van der Waals surface area contributed by atoms with Crippen LogP contribution in [0.5, 0.6) is 0 Å². The fourth-order valence-electron chi connectivity index (χ4n) is 2.11. The fourth-order valence-corrected chi connectivity index (χ4v) is 2.28. The molecule has 2 aromatic carbocycles. The van der Waals surface area contributed by atoms with E-state index in [-0.39, 0.29) is 5.43 Å². The number of aryl methyl sites for hydroxylation is 1. The molecule has 1 aromatic heterocycles. The van der Waals surface area contributed by atoms with Gasteiger partial charge >= 0.3 is 0 Å². The lowest BCUT2D eigenvalue weighted by Gasteiger charge is -2.06. The third kappa shape index (κ3) is 2.15. The number of halogens is 1. The monoisotopic (exact) mass is 270 g/mol. The van der Waals surface area contributed by atoms with E-state index >= 15 is 0 Å². The Morgan fingerprint density at radius 1 is 1.05 bits per heavy atom. The van der Waals surface area contributed by atoms with Crippen molar-refractivity contribution in [3.63, 3.8) is 0 Å². The Bertz CT molecular complexity index is 818. The average molecular weight is 271 g/mol. The van der Waals surface area contributed by atoms with Crippen molar-refractivity contribution in [3.05, 3.63) is 69.3 Å². The number of rotatable bonds is 1. The van der Waals surface area contributed by atoms with Crippen molar-refractivity contribution in [2.45, 2.75) is 6.92 Å². The summed E-state index contributed by atoms with van der Waals surface area (Å²) in [5, 5.41) is 1.04. The third-order valence-electron chi connectivity index (χ3n) is 3.10. The molecule has 0 saturated heterocycles. The molecule has 94 valence electrons. The highest BCUT2D eigenvalue weighted by Gasteiger charge is 2.08. The van der Waals surface area contributed by atoms with Gasteiger partial charge < -0.3 is 4.42 Å². The van der Waals surface area contributed by atoms with Gasteiger partial charge in [0.1, 0.15) is 11.3 Å². The summed E-state index contributed by atoms with van der Waals surface area (Å²) in [7, 11) is 0. The van der Waals surface area contributed by atoms with E-state index in [1.165, 1.54) is 6.07 Å². The standard InChI is InChI=1S/C16H11ClO2/c1-10-4-2-3-5-12(10)16-9-14(18)13-8-11(17)6-7-15(13)19-16/h2-9H,1H3. The smallest absolute Gasteiger partial charge is 0.193 e. The summed E-state index contributed by atoms with van der Waals surface area (Å²) in [6, 6.07) is 14.4. The molecule has 3 heteroatoms. The van der Waals surface area contributed by atoms with Gasteiger partial charge in [0.15, 0.2) is 5.43 Å². The van der Waals surface area contributed by atoms with Gasteiger partial charge in [0.2, 0.25) is 0 Å². The first-order valence-electron chi connectivity index (χ1n) is 5.94. The van der Waals surface area contributed by atoms with E-state index < -0.39 is 0 Å². The number of benzene rings is 2. The van der Waals surface area contributed by atoms with Crippen LogP contribution in [0.3, 0.4) is 0 Å². The highest BCUT2D eigenvalue weighted by molar-refractivity contribution is 6.31. The zero-order valence-corrected chi connectivity index (χ0v) is 11.1. The minimum Gasteiger partial charge on any atom is -0.456 e. The largest absolute Gasteiger partial charge is 0.456 e. The lowest BCUT2D eigenvalue weighted by atomic mass is 10.1. The fraction of sp³-hybridized carbons (Fsp3) is 0.0625. The number of hydrogen-bond donors (Lipinski definition) is 0. The van der Waals surface area contributed by atoms with Crippen LogP contribution >= 0.6 is 11.6 Å². The molecule has 3 aromatic rings. The van der Waals surface area contributed by atoms with Crippen molar-refractivity contribution in [1.82, 2.24) is 0 Å². The molecular weight excluding hydrogens is 260 g/mol. The van der Waals surface area contributed by atoms with E-state index in [1.54, 1.807) is 18.2 Å². The summed E-state index contributed by atoms with van der Waals surface area (Å²) in [6.07, 6.45) is 0. The Labute approximate surface area is 115 Å². The van der Waals surface area contributed by atoms with Crippen LogP contribution in [-0.4, -0.2) is 0 Å². The maximum Gasteiger partial charge on any atom is 0.193 e. The molecule has 0 N–H and O–H groups in total. The Hall–Kier alpha value is -2.06. The summed E-state index contributed by atoms with van der Waals surface area (Å²) in [5.74, 6) is 0.581. The van der Waals surface area contributed by atoms with Crippen molar-refractivity contribution in [1.29, 1.82) is 0 Å². The minimum absolute atomic E-state index is 0.0815. The molecule has 0 bridgehead atoms. The molecule has 0 unspecified atom stereocenters. The molecule has 0 saturated carbocycles. The quantitative estimate of drug-likeness (QED) is 0.655.